The van der Waals surface area contributed by atoms with Crippen molar-refractivity contribution in [1.82, 2.24) is 15.2 Å². The summed E-state index contributed by atoms with van der Waals surface area (Å²) in [6.45, 7) is 2.06. The van der Waals surface area contributed by atoms with Gasteiger partial charge < -0.3 is 10.5 Å². The topological polar surface area (TPSA) is 135 Å². The fourth-order valence-electron chi connectivity index (χ4n) is 3.86. The monoisotopic (exact) mass is 468 g/mol. The number of hydrogen-bond acceptors (Lipinski definition) is 11. The Balaban J connectivity index is 1.74. The van der Waals surface area contributed by atoms with Gasteiger partial charge in [0.15, 0.2) is 10.1 Å². The van der Waals surface area contributed by atoms with E-state index in [1.165, 1.54) is 23.1 Å². The summed E-state index contributed by atoms with van der Waals surface area (Å²) in [5.41, 5.74) is 8.82. The summed E-state index contributed by atoms with van der Waals surface area (Å²) in [7, 11) is 0. The van der Waals surface area contributed by atoms with E-state index in [2.05, 4.69) is 21.3 Å². The molecule has 2 aliphatic rings. The third-order valence-electron chi connectivity index (χ3n) is 5.14. The predicted octanol–water partition coefficient (Wildman–Crippen LogP) is 2.89. The van der Waals surface area contributed by atoms with Crippen molar-refractivity contribution in [3.05, 3.63) is 52.8 Å². The van der Waals surface area contributed by atoms with Crippen LogP contribution in [-0.4, -0.2) is 39.3 Å². The number of ether oxygens (including phenoxy) is 1. The number of Topliss-reactive ketones (excluding diaryl/α,β-unsaturated/α-hetero) is 1. The molecule has 0 saturated carbocycles. The van der Waals surface area contributed by atoms with Crippen LogP contribution in [0.25, 0.3) is 0 Å². The Hall–Kier alpha value is -3.23. The molecule has 9 nitrogen and oxygen atoms in total. The Kier molecular flexibility index (Phi) is 6.53. The lowest BCUT2D eigenvalue weighted by molar-refractivity contribution is -0.139. The minimum absolute atomic E-state index is 0.00761. The molecular formula is C21H20N6O3S2. The van der Waals surface area contributed by atoms with Crippen LogP contribution in [0.4, 0.5) is 5.13 Å². The maximum atomic E-state index is 13.0. The smallest absolute Gasteiger partial charge is 0.316 e. The van der Waals surface area contributed by atoms with E-state index in [9.17, 15) is 14.9 Å². The van der Waals surface area contributed by atoms with Crippen LogP contribution in [-0.2, 0) is 14.3 Å². The number of nitrogens with zero attached hydrogens (tertiary/aromatic N) is 5. The van der Waals surface area contributed by atoms with Gasteiger partial charge in [-0.2, -0.15) is 5.26 Å². The van der Waals surface area contributed by atoms with Crippen molar-refractivity contribution in [3.63, 3.8) is 0 Å². The fraction of sp³-hybridized carbons (Fsp3) is 0.333. The number of anilines is 1. The van der Waals surface area contributed by atoms with E-state index >= 15 is 0 Å². The van der Waals surface area contributed by atoms with Gasteiger partial charge in [-0.05, 0) is 31.4 Å². The highest BCUT2D eigenvalue weighted by atomic mass is 32.2. The molecule has 2 aromatic heterocycles. The van der Waals surface area contributed by atoms with Crippen molar-refractivity contribution < 1.29 is 14.3 Å². The quantitative estimate of drug-likeness (QED) is 0.498. The number of esters is 1. The van der Waals surface area contributed by atoms with Crippen molar-refractivity contribution in [3.8, 4) is 6.07 Å². The van der Waals surface area contributed by atoms with Gasteiger partial charge in [0.2, 0.25) is 5.13 Å². The van der Waals surface area contributed by atoms with Crippen LogP contribution in [0.1, 0.15) is 37.7 Å². The first-order valence-corrected chi connectivity index (χ1v) is 11.8. The summed E-state index contributed by atoms with van der Waals surface area (Å²) in [5, 5.41) is 18.8. The molecule has 0 fully saturated rings. The van der Waals surface area contributed by atoms with Crippen LogP contribution < -0.4 is 10.6 Å². The lowest BCUT2D eigenvalue weighted by Gasteiger charge is -2.37. The molecule has 11 heteroatoms. The lowest BCUT2D eigenvalue weighted by atomic mass is 9.76. The van der Waals surface area contributed by atoms with Crippen LogP contribution in [0.3, 0.4) is 0 Å². The highest BCUT2D eigenvalue weighted by molar-refractivity contribution is 8.01. The van der Waals surface area contributed by atoms with Gasteiger partial charge in [0.1, 0.15) is 5.82 Å². The van der Waals surface area contributed by atoms with Gasteiger partial charge in [0.05, 0.1) is 29.9 Å². The first-order valence-electron chi connectivity index (χ1n) is 10.0. The Morgan fingerprint density at radius 1 is 1.44 bits per heavy atom. The molecule has 2 aromatic rings. The highest BCUT2D eigenvalue weighted by Crippen LogP contribution is 2.46. The Morgan fingerprint density at radius 3 is 3.00 bits per heavy atom. The fourth-order valence-corrected chi connectivity index (χ4v) is 5.54. The van der Waals surface area contributed by atoms with Crippen molar-refractivity contribution in [2.24, 2.45) is 5.73 Å². The zero-order valence-electron chi connectivity index (χ0n) is 17.3. The Labute approximate surface area is 193 Å². The molecule has 1 aliphatic heterocycles. The zero-order chi connectivity index (χ0) is 22.7. The van der Waals surface area contributed by atoms with Crippen molar-refractivity contribution in [1.29, 1.82) is 5.26 Å². The zero-order valence-corrected chi connectivity index (χ0v) is 18.9. The molecule has 2 N–H and O–H groups in total. The molecule has 164 valence electrons. The van der Waals surface area contributed by atoms with Crippen LogP contribution in [0.2, 0.25) is 0 Å². The molecule has 0 amide bonds. The Bertz CT molecular complexity index is 1150. The minimum atomic E-state index is -0.557. The minimum Gasteiger partial charge on any atom is -0.465 e. The van der Waals surface area contributed by atoms with E-state index in [1.54, 1.807) is 30.3 Å². The number of carbonyl (C=O) groups is 2. The van der Waals surface area contributed by atoms with Gasteiger partial charge in [0.25, 0.3) is 0 Å². The number of aromatic nitrogens is 3. The first kappa shape index (κ1) is 22.0. The van der Waals surface area contributed by atoms with Crippen LogP contribution >= 0.6 is 23.1 Å². The first-order chi connectivity index (χ1) is 15.5. The molecule has 0 saturated heterocycles. The average molecular weight is 469 g/mol. The van der Waals surface area contributed by atoms with Crippen LogP contribution in [0.5, 0.6) is 0 Å². The second kappa shape index (κ2) is 9.50. The van der Waals surface area contributed by atoms with E-state index in [0.29, 0.717) is 40.9 Å². The average Bonchev–Trinajstić information content (AvgIpc) is 3.26. The number of nitrogens with two attached hydrogens (primary N) is 1. The highest BCUT2D eigenvalue weighted by Gasteiger charge is 2.41. The van der Waals surface area contributed by atoms with E-state index in [4.69, 9.17) is 10.5 Å². The summed E-state index contributed by atoms with van der Waals surface area (Å²) >= 11 is 2.47. The molecule has 1 atom stereocenters. The van der Waals surface area contributed by atoms with Gasteiger partial charge in [-0.3, -0.25) is 19.5 Å². The number of nitriles is 1. The molecule has 0 aromatic carbocycles. The summed E-state index contributed by atoms with van der Waals surface area (Å²) in [6.07, 6.45) is 5.03. The van der Waals surface area contributed by atoms with Crippen molar-refractivity contribution in [2.45, 2.75) is 36.4 Å². The van der Waals surface area contributed by atoms with Gasteiger partial charge in [0, 0.05) is 30.1 Å². The molecular weight excluding hydrogens is 448 g/mol. The van der Waals surface area contributed by atoms with Crippen molar-refractivity contribution in [2.75, 3.05) is 17.3 Å². The molecule has 0 bridgehead atoms. The second-order valence-corrected chi connectivity index (χ2v) is 9.23. The molecule has 0 spiro atoms. The summed E-state index contributed by atoms with van der Waals surface area (Å²) in [6, 6.07) is 5.83. The van der Waals surface area contributed by atoms with E-state index in [0.717, 1.165) is 11.3 Å². The number of thioether (sulfide) groups is 1. The van der Waals surface area contributed by atoms with Crippen LogP contribution in [0, 0.1) is 11.3 Å². The second-order valence-electron chi connectivity index (χ2n) is 7.05. The third kappa shape index (κ3) is 4.11. The predicted molar refractivity (Wildman–Crippen MR) is 119 cm³/mol. The van der Waals surface area contributed by atoms with Crippen LogP contribution in [0.15, 0.2) is 51.5 Å². The summed E-state index contributed by atoms with van der Waals surface area (Å²) in [5.74, 6) is -0.550. The number of allylic oxidation sites excluding steroid dienone is 3. The molecule has 32 heavy (non-hydrogen) atoms. The van der Waals surface area contributed by atoms with Gasteiger partial charge in [-0.25, -0.2) is 0 Å². The van der Waals surface area contributed by atoms with Gasteiger partial charge in [-0.15, -0.1) is 10.2 Å². The number of rotatable bonds is 6. The number of hydrogen-bond donors (Lipinski definition) is 1. The number of ketones is 1. The third-order valence-corrected chi connectivity index (χ3v) is 7.15. The van der Waals surface area contributed by atoms with E-state index < -0.39 is 5.92 Å². The maximum absolute atomic E-state index is 13.0. The number of pyridine rings is 1. The maximum Gasteiger partial charge on any atom is 0.316 e. The standard InChI is InChI=1S/C21H20N6O3S2/c1-2-30-16(29)11-31-21-26-25-20(32-21)27-14-6-3-7-15(28)18(14)17(13(9-22)19(27)23)12-5-4-8-24-10-12/h4-5,8,10,17H,2-3,6-7,11,23H2,1H3. The van der Waals surface area contributed by atoms with E-state index in [-0.39, 0.29) is 28.9 Å². The molecule has 1 unspecified atom stereocenters. The number of carbonyl (C=O) groups excluding carboxylic acids is 2. The normalized spacial score (nSPS) is 18.4. The SMILES string of the molecule is CCOC(=O)CSc1nnc(N2C(N)=C(C#N)C(c3cccnc3)C3=C2CCCC3=O)s1. The lowest BCUT2D eigenvalue weighted by Crippen LogP contribution is -2.38. The molecule has 0 radical (unpaired) electrons. The van der Waals surface area contributed by atoms with Gasteiger partial charge in [-0.1, -0.05) is 29.2 Å². The summed E-state index contributed by atoms with van der Waals surface area (Å²) in [4.78, 5) is 30.5. The molecule has 4 rings (SSSR count). The van der Waals surface area contributed by atoms with E-state index in [1.807, 2.05) is 6.07 Å². The summed E-state index contributed by atoms with van der Waals surface area (Å²) < 4.78 is 5.51. The van der Waals surface area contributed by atoms with Crippen molar-refractivity contribution >= 4 is 40.0 Å². The molecule has 1 aliphatic carbocycles. The van der Waals surface area contributed by atoms with Gasteiger partial charge >= 0.3 is 5.97 Å². The molecule has 3 heterocycles. The largest absolute Gasteiger partial charge is 0.465 e. The Morgan fingerprint density at radius 2 is 2.28 bits per heavy atom.